The molecule has 4 heteroatoms. The lowest BCUT2D eigenvalue weighted by Gasteiger charge is -2.16. The summed E-state index contributed by atoms with van der Waals surface area (Å²) in [5.41, 5.74) is 1.14. The Hall–Kier alpha value is -1.29. The first-order valence-corrected chi connectivity index (χ1v) is 6.70. The van der Waals surface area contributed by atoms with Crippen LogP contribution in [-0.2, 0) is 11.3 Å². The van der Waals surface area contributed by atoms with E-state index >= 15 is 0 Å². The number of rotatable bonds is 3. The topological polar surface area (TPSA) is 32.7 Å². The van der Waals surface area contributed by atoms with E-state index in [0.29, 0.717) is 12.3 Å². The Labute approximate surface area is 106 Å². The van der Waals surface area contributed by atoms with E-state index in [4.69, 9.17) is 0 Å². The first-order chi connectivity index (χ1) is 8.16. The molecule has 0 spiro atoms. The van der Waals surface area contributed by atoms with E-state index in [0.717, 1.165) is 10.7 Å². The summed E-state index contributed by atoms with van der Waals surface area (Å²) >= 11 is 1.53. The van der Waals surface area contributed by atoms with Crippen LogP contribution in [0.15, 0.2) is 35.3 Å². The van der Waals surface area contributed by atoms with Crippen molar-refractivity contribution in [1.82, 2.24) is 4.90 Å². The molecule has 1 amide bonds. The molecule has 0 aromatic heterocycles. The third-order valence-electron chi connectivity index (χ3n) is 2.41. The number of thioether (sulfide) groups is 1. The fourth-order valence-corrected chi connectivity index (χ4v) is 2.65. The van der Waals surface area contributed by atoms with Crippen molar-refractivity contribution in [2.75, 3.05) is 5.75 Å². The van der Waals surface area contributed by atoms with Gasteiger partial charge in [-0.05, 0) is 19.4 Å². The van der Waals surface area contributed by atoms with Gasteiger partial charge in [-0.2, -0.15) is 0 Å². The molecule has 17 heavy (non-hydrogen) atoms. The van der Waals surface area contributed by atoms with Crippen LogP contribution in [0.25, 0.3) is 0 Å². The zero-order chi connectivity index (χ0) is 12.3. The van der Waals surface area contributed by atoms with Gasteiger partial charge in [-0.25, -0.2) is 0 Å². The van der Waals surface area contributed by atoms with Crippen molar-refractivity contribution < 1.29 is 4.79 Å². The molecule has 0 saturated carbocycles. The van der Waals surface area contributed by atoms with Crippen molar-refractivity contribution in [3.63, 3.8) is 0 Å². The van der Waals surface area contributed by atoms with Gasteiger partial charge < -0.3 is 0 Å². The smallest absolute Gasteiger partial charge is 0.239 e. The van der Waals surface area contributed by atoms with Gasteiger partial charge in [0, 0.05) is 6.04 Å². The Morgan fingerprint density at radius 1 is 1.35 bits per heavy atom. The minimum atomic E-state index is 0.151. The van der Waals surface area contributed by atoms with E-state index in [1.165, 1.54) is 11.8 Å². The van der Waals surface area contributed by atoms with Gasteiger partial charge in [0.05, 0.1) is 12.3 Å². The number of carbonyl (C=O) groups is 1. The van der Waals surface area contributed by atoms with Crippen molar-refractivity contribution in [3.8, 4) is 0 Å². The summed E-state index contributed by atoms with van der Waals surface area (Å²) in [7, 11) is 0. The van der Waals surface area contributed by atoms with Crippen LogP contribution in [0.4, 0.5) is 0 Å². The Balaban J connectivity index is 2.15. The van der Waals surface area contributed by atoms with Crippen LogP contribution in [0, 0.1) is 0 Å². The number of benzene rings is 1. The van der Waals surface area contributed by atoms with Crippen LogP contribution >= 0.6 is 11.8 Å². The van der Waals surface area contributed by atoms with E-state index in [-0.39, 0.29) is 11.9 Å². The Morgan fingerprint density at radius 2 is 2.06 bits per heavy atom. The number of amides is 1. The van der Waals surface area contributed by atoms with E-state index in [1.807, 2.05) is 44.2 Å². The molecule has 0 N–H and O–H groups in total. The number of hydrogen-bond donors (Lipinski definition) is 0. The van der Waals surface area contributed by atoms with Gasteiger partial charge in [0.25, 0.3) is 0 Å². The van der Waals surface area contributed by atoms with Gasteiger partial charge in [0.15, 0.2) is 5.17 Å². The highest BCUT2D eigenvalue weighted by Gasteiger charge is 2.28. The number of aliphatic imine (C=N–C) groups is 1. The van der Waals surface area contributed by atoms with Gasteiger partial charge in [0.2, 0.25) is 5.91 Å². The number of carbonyl (C=O) groups excluding carboxylic acids is 1. The predicted molar refractivity (Wildman–Crippen MR) is 72.0 cm³/mol. The van der Waals surface area contributed by atoms with Gasteiger partial charge in [0.1, 0.15) is 0 Å². The maximum atomic E-state index is 11.8. The van der Waals surface area contributed by atoms with Crippen molar-refractivity contribution in [2.24, 2.45) is 4.99 Å². The summed E-state index contributed by atoms with van der Waals surface area (Å²) in [6.45, 7) is 4.67. The monoisotopic (exact) mass is 248 g/mol. The summed E-state index contributed by atoms with van der Waals surface area (Å²) in [6, 6.07) is 10.2. The van der Waals surface area contributed by atoms with E-state index < -0.39 is 0 Å². The van der Waals surface area contributed by atoms with Gasteiger partial charge >= 0.3 is 0 Å². The fraction of sp³-hybridized carbons (Fsp3) is 0.385. The molecular weight excluding hydrogens is 232 g/mol. The molecule has 0 radical (unpaired) electrons. The number of amidine groups is 1. The standard InChI is InChI=1S/C13H16N2OS/c1-10(2)14-13-15(12(16)9-17-13)8-11-6-4-3-5-7-11/h3-7,10H,8-9H2,1-2H3. The van der Waals surface area contributed by atoms with Gasteiger partial charge in [-0.15, -0.1) is 0 Å². The lowest BCUT2D eigenvalue weighted by molar-refractivity contribution is -0.124. The third kappa shape index (κ3) is 3.09. The highest BCUT2D eigenvalue weighted by Crippen LogP contribution is 2.22. The van der Waals surface area contributed by atoms with Crippen LogP contribution in [0.1, 0.15) is 19.4 Å². The minimum absolute atomic E-state index is 0.151. The Morgan fingerprint density at radius 3 is 2.71 bits per heavy atom. The van der Waals surface area contributed by atoms with Crippen molar-refractivity contribution >= 4 is 22.8 Å². The van der Waals surface area contributed by atoms with Crippen molar-refractivity contribution in [1.29, 1.82) is 0 Å². The number of nitrogens with zero attached hydrogens (tertiary/aromatic N) is 2. The van der Waals surface area contributed by atoms with E-state index in [2.05, 4.69) is 4.99 Å². The number of hydrogen-bond acceptors (Lipinski definition) is 3. The second kappa shape index (κ2) is 5.36. The fourth-order valence-electron chi connectivity index (χ4n) is 1.64. The zero-order valence-electron chi connectivity index (χ0n) is 10.1. The first-order valence-electron chi connectivity index (χ1n) is 5.71. The first kappa shape index (κ1) is 12.2. The van der Waals surface area contributed by atoms with E-state index in [1.54, 1.807) is 4.90 Å². The molecule has 1 heterocycles. The molecule has 0 aliphatic carbocycles. The molecule has 0 atom stereocenters. The van der Waals surface area contributed by atoms with Crippen LogP contribution in [0.3, 0.4) is 0 Å². The molecule has 2 rings (SSSR count). The normalized spacial score (nSPS) is 18.4. The zero-order valence-corrected chi connectivity index (χ0v) is 10.9. The Kier molecular flexibility index (Phi) is 3.84. The Bertz CT molecular complexity index is 428. The van der Waals surface area contributed by atoms with E-state index in [9.17, 15) is 4.79 Å². The quantitative estimate of drug-likeness (QED) is 0.823. The molecule has 0 bridgehead atoms. The van der Waals surface area contributed by atoms with Crippen LogP contribution in [0.2, 0.25) is 0 Å². The van der Waals surface area contributed by atoms with Gasteiger partial charge in [-0.1, -0.05) is 42.1 Å². The average Bonchev–Trinajstić information content (AvgIpc) is 2.62. The van der Waals surface area contributed by atoms with Crippen molar-refractivity contribution in [2.45, 2.75) is 26.4 Å². The highest BCUT2D eigenvalue weighted by molar-refractivity contribution is 8.15. The molecule has 90 valence electrons. The average molecular weight is 248 g/mol. The minimum Gasteiger partial charge on any atom is -0.286 e. The highest BCUT2D eigenvalue weighted by atomic mass is 32.2. The maximum absolute atomic E-state index is 11.8. The summed E-state index contributed by atoms with van der Waals surface area (Å²) in [5, 5.41) is 0.855. The molecule has 1 aromatic rings. The van der Waals surface area contributed by atoms with Crippen molar-refractivity contribution in [3.05, 3.63) is 35.9 Å². The molecule has 1 aliphatic heterocycles. The molecular formula is C13H16N2OS. The predicted octanol–water partition coefficient (Wildman–Crippen LogP) is 2.53. The molecule has 1 aromatic carbocycles. The SMILES string of the molecule is CC(C)N=C1SCC(=O)N1Cc1ccccc1. The van der Waals surface area contributed by atoms with Crippen LogP contribution in [-0.4, -0.2) is 27.8 Å². The molecule has 0 unspecified atom stereocenters. The molecule has 1 saturated heterocycles. The molecule has 3 nitrogen and oxygen atoms in total. The summed E-state index contributed by atoms with van der Waals surface area (Å²) < 4.78 is 0. The third-order valence-corrected chi connectivity index (χ3v) is 3.38. The maximum Gasteiger partial charge on any atom is 0.239 e. The summed E-state index contributed by atoms with van der Waals surface area (Å²) in [5.74, 6) is 0.663. The van der Waals surface area contributed by atoms with Crippen LogP contribution < -0.4 is 0 Å². The second-order valence-electron chi connectivity index (χ2n) is 4.26. The lowest BCUT2D eigenvalue weighted by atomic mass is 10.2. The lowest BCUT2D eigenvalue weighted by Crippen LogP contribution is -2.29. The summed E-state index contributed by atoms with van der Waals surface area (Å²) in [4.78, 5) is 18.1. The molecule has 1 aliphatic rings. The summed E-state index contributed by atoms with van der Waals surface area (Å²) in [6.07, 6.45) is 0. The molecule has 1 fully saturated rings. The van der Waals surface area contributed by atoms with Gasteiger partial charge in [-0.3, -0.25) is 14.7 Å². The van der Waals surface area contributed by atoms with Crippen LogP contribution in [0.5, 0.6) is 0 Å². The largest absolute Gasteiger partial charge is 0.286 e. The second-order valence-corrected chi connectivity index (χ2v) is 5.20.